The molecule has 0 heterocycles. The number of halogens is 1. The Kier molecular flexibility index (Phi) is 5.09. The summed E-state index contributed by atoms with van der Waals surface area (Å²) in [6, 6.07) is 22.3. The summed E-state index contributed by atoms with van der Waals surface area (Å²) in [5.41, 5.74) is 1.41. The maximum atomic E-state index is 13.1. The van der Waals surface area contributed by atoms with Gasteiger partial charge in [-0.25, -0.2) is 4.39 Å². The van der Waals surface area contributed by atoms with Gasteiger partial charge in [0, 0.05) is 0 Å². The van der Waals surface area contributed by atoms with E-state index in [-0.39, 0.29) is 5.82 Å². The molecule has 0 amide bonds. The third kappa shape index (κ3) is 4.44. The summed E-state index contributed by atoms with van der Waals surface area (Å²) >= 11 is 0. The third-order valence-electron chi connectivity index (χ3n) is 3.89. The van der Waals surface area contributed by atoms with Gasteiger partial charge in [0.25, 0.3) is 0 Å². The van der Waals surface area contributed by atoms with Crippen molar-refractivity contribution in [1.29, 1.82) is 0 Å². The molecule has 0 aliphatic rings. The molecule has 0 aliphatic carbocycles. The van der Waals surface area contributed by atoms with Crippen LogP contribution in [0.3, 0.4) is 0 Å². The third-order valence-corrected chi connectivity index (χ3v) is 3.89. The van der Waals surface area contributed by atoms with Crippen molar-refractivity contribution >= 4 is 5.97 Å². The lowest BCUT2D eigenvalue weighted by molar-refractivity contribution is -0.138. The van der Waals surface area contributed by atoms with Crippen LogP contribution in [0.5, 0.6) is 11.5 Å². The van der Waals surface area contributed by atoms with Gasteiger partial charge in [0.2, 0.25) is 0 Å². The van der Waals surface area contributed by atoms with Crippen LogP contribution < -0.4 is 4.74 Å². The lowest BCUT2D eigenvalue weighted by Crippen LogP contribution is -2.14. The summed E-state index contributed by atoms with van der Waals surface area (Å²) < 4.78 is 18.9. The molecule has 1 N–H and O–H groups in total. The van der Waals surface area contributed by atoms with Gasteiger partial charge in [-0.15, -0.1) is 0 Å². The largest absolute Gasteiger partial charge is 0.481 e. The Morgan fingerprint density at radius 1 is 0.920 bits per heavy atom. The van der Waals surface area contributed by atoms with Gasteiger partial charge in [0.15, 0.2) is 0 Å². The van der Waals surface area contributed by atoms with Crippen molar-refractivity contribution in [2.45, 2.75) is 12.3 Å². The highest BCUT2D eigenvalue weighted by Gasteiger charge is 2.20. The quantitative estimate of drug-likeness (QED) is 0.687. The molecule has 0 fully saturated rings. The van der Waals surface area contributed by atoms with Gasteiger partial charge >= 0.3 is 5.97 Å². The first-order valence-electron chi connectivity index (χ1n) is 7.92. The van der Waals surface area contributed by atoms with E-state index in [1.54, 1.807) is 0 Å². The molecule has 0 spiro atoms. The number of hydrogen-bond acceptors (Lipinski definition) is 2. The Bertz CT molecular complexity index is 845. The summed E-state index contributed by atoms with van der Waals surface area (Å²) in [4.78, 5) is 11.6. The van der Waals surface area contributed by atoms with Gasteiger partial charge in [0.1, 0.15) is 17.3 Å². The fraction of sp³-hybridized carbons (Fsp3) is 0.0952. The van der Waals surface area contributed by atoms with E-state index in [1.807, 2.05) is 54.6 Å². The summed E-state index contributed by atoms with van der Waals surface area (Å²) in [7, 11) is 0. The molecule has 3 aromatic carbocycles. The number of carboxylic acids is 1. The van der Waals surface area contributed by atoms with Crippen LogP contribution in [0.2, 0.25) is 0 Å². The van der Waals surface area contributed by atoms with E-state index in [9.17, 15) is 14.3 Å². The van der Waals surface area contributed by atoms with Crippen LogP contribution in [0.4, 0.5) is 4.39 Å². The first-order valence-corrected chi connectivity index (χ1v) is 7.92. The van der Waals surface area contributed by atoms with Gasteiger partial charge in [-0.05, 0) is 53.9 Å². The molecule has 0 aliphatic heterocycles. The first-order chi connectivity index (χ1) is 12.1. The zero-order valence-electron chi connectivity index (χ0n) is 13.4. The zero-order valence-corrected chi connectivity index (χ0v) is 13.4. The van der Waals surface area contributed by atoms with Crippen molar-refractivity contribution in [1.82, 2.24) is 0 Å². The van der Waals surface area contributed by atoms with Gasteiger partial charge in [0.05, 0.1) is 5.92 Å². The van der Waals surface area contributed by atoms with Crippen LogP contribution in [-0.2, 0) is 11.2 Å². The average molecular weight is 336 g/mol. The lowest BCUT2D eigenvalue weighted by Gasteiger charge is -2.14. The highest BCUT2D eigenvalue weighted by Crippen LogP contribution is 2.26. The maximum Gasteiger partial charge on any atom is 0.311 e. The van der Waals surface area contributed by atoms with Crippen LogP contribution in [-0.4, -0.2) is 11.1 Å². The smallest absolute Gasteiger partial charge is 0.311 e. The highest BCUT2D eigenvalue weighted by atomic mass is 19.1. The zero-order chi connectivity index (χ0) is 17.6. The summed E-state index contributed by atoms with van der Waals surface area (Å²) in [5.74, 6) is -0.709. The number of benzene rings is 3. The van der Waals surface area contributed by atoms with Crippen molar-refractivity contribution in [3.05, 3.63) is 95.8 Å². The molecule has 3 aromatic rings. The number of hydrogen-bond donors (Lipinski definition) is 1. The van der Waals surface area contributed by atoms with E-state index in [2.05, 4.69) is 0 Å². The molecule has 25 heavy (non-hydrogen) atoms. The molecular weight excluding hydrogens is 319 g/mol. The molecular formula is C21H17FO3. The fourth-order valence-electron chi connectivity index (χ4n) is 2.64. The Hall–Kier alpha value is -3.14. The van der Waals surface area contributed by atoms with Crippen molar-refractivity contribution in [2.75, 3.05) is 0 Å². The van der Waals surface area contributed by atoms with Crippen LogP contribution in [0.15, 0.2) is 78.9 Å². The fourth-order valence-corrected chi connectivity index (χ4v) is 2.64. The van der Waals surface area contributed by atoms with Crippen LogP contribution in [0.25, 0.3) is 0 Å². The molecule has 1 unspecified atom stereocenters. The maximum absolute atomic E-state index is 13.1. The molecule has 0 bridgehead atoms. The van der Waals surface area contributed by atoms with Crippen molar-refractivity contribution in [3.63, 3.8) is 0 Å². The predicted molar refractivity (Wildman–Crippen MR) is 93.4 cm³/mol. The molecule has 3 nitrogen and oxygen atoms in total. The standard InChI is InChI=1S/C21H17FO3/c22-17-11-9-16(10-12-17)20(21(23)24)14-15-5-4-8-19(13-15)25-18-6-2-1-3-7-18/h1-13,20H,14H2,(H,23,24). The number of carbonyl (C=O) groups is 1. The topological polar surface area (TPSA) is 46.5 Å². The summed E-state index contributed by atoms with van der Waals surface area (Å²) in [5, 5.41) is 9.54. The van der Waals surface area contributed by atoms with Crippen LogP contribution in [0, 0.1) is 5.82 Å². The lowest BCUT2D eigenvalue weighted by atomic mass is 9.92. The van der Waals surface area contributed by atoms with E-state index in [0.717, 1.165) is 5.56 Å². The summed E-state index contributed by atoms with van der Waals surface area (Å²) in [6.45, 7) is 0. The second-order valence-corrected chi connectivity index (χ2v) is 5.71. The Labute approximate surface area is 145 Å². The Morgan fingerprint density at radius 2 is 1.60 bits per heavy atom. The van der Waals surface area contributed by atoms with E-state index in [0.29, 0.717) is 23.5 Å². The van der Waals surface area contributed by atoms with Gasteiger partial charge in [-0.2, -0.15) is 0 Å². The van der Waals surface area contributed by atoms with Crippen LogP contribution >= 0.6 is 0 Å². The number of rotatable bonds is 6. The van der Waals surface area contributed by atoms with Gasteiger partial charge < -0.3 is 9.84 Å². The van der Waals surface area contributed by atoms with Crippen molar-refractivity contribution < 1.29 is 19.0 Å². The molecule has 1 atom stereocenters. The molecule has 0 saturated carbocycles. The second kappa shape index (κ2) is 7.62. The second-order valence-electron chi connectivity index (χ2n) is 5.71. The molecule has 0 saturated heterocycles. The molecule has 0 radical (unpaired) electrons. The minimum atomic E-state index is -0.944. The van der Waals surface area contributed by atoms with E-state index < -0.39 is 11.9 Å². The van der Waals surface area contributed by atoms with Gasteiger partial charge in [-0.3, -0.25) is 4.79 Å². The molecule has 126 valence electrons. The number of aliphatic carboxylic acids is 1. The minimum absolute atomic E-state index is 0.299. The normalized spacial score (nSPS) is 11.7. The minimum Gasteiger partial charge on any atom is -0.481 e. The van der Waals surface area contributed by atoms with Crippen LogP contribution in [0.1, 0.15) is 17.0 Å². The first kappa shape index (κ1) is 16.7. The summed E-state index contributed by atoms with van der Waals surface area (Å²) in [6.07, 6.45) is 0.299. The van der Waals surface area contributed by atoms with Crippen molar-refractivity contribution in [3.8, 4) is 11.5 Å². The van der Waals surface area contributed by atoms with E-state index in [4.69, 9.17) is 4.74 Å². The number of ether oxygens (including phenoxy) is 1. The average Bonchev–Trinajstić information content (AvgIpc) is 2.62. The van der Waals surface area contributed by atoms with Gasteiger partial charge in [-0.1, -0.05) is 42.5 Å². The number of para-hydroxylation sites is 1. The highest BCUT2D eigenvalue weighted by molar-refractivity contribution is 5.76. The molecule has 0 aromatic heterocycles. The SMILES string of the molecule is O=C(O)C(Cc1cccc(Oc2ccccc2)c1)c1ccc(F)cc1. The Balaban J connectivity index is 1.79. The molecule has 3 rings (SSSR count). The van der Waals surface area contributed by atoms with E-state index in [1.165, 1.54) is 24.3 Å². The van der Waals surface area contributed by atoms with Crippen molar-refractivity contribution in [2.24, 2.45) is 0 Å². The Morgan fingerprint density at radius 3 is 2.28 bits per heavy atom. The number of carboxylic acid groups (broad SMARTS) is 1. The van der Waals surface area contributed by atoms with E-state index >= 15 is 0 Å². The monoisotopic (exact) mass is 336 g/mol. The predicted octanol–water partition coefficient (Wildman–Crippen LogP) is 5.03. The molecule has 4 heteroatoms.